The molecule has 0 aliphatic carbocycles. The molecule has 4 nitrogen and oxygen atoms in total. The van der Waals surface area contributed by atoms with Crippen LogP contribution in [-0.2, 0) is 14.0 Å². The van der Waals surface area contributed by atoms with Crippen LogP contribution in [0.4, 0.5) is 0 Å². The minimum atomic E-state index is -1.79. The second-order valence-corrected chi connectivity index (χ2v) is 11.2. The number of carbonyl (C=O) groups excluding carboxylic acids is 2. The van der Waals surface area contributed by atoms with Crippen LogP contribution in [0.1, 0.15) is 32.1 Å². The van der Waals surface area contributed by atoms with Crippen molar-refractivity contribution in [3.05, 3.63) is 35.9 Å². The van der Waals surface area contributed by atoms with E-state index in [0.717, 1.165) is 37.7 Å². The Morgan fingerprint density at radius 1 is 1.17 bits per heavy atom. The van der Waals surface area contributed by atoms with Crippen molar-refractivity contribution < 1.29 is 18.8 Å². The topological polar surface area (TPSA) is 52.6 Å². The van der Waals surface area contributed by atoms with Gasteiger partial charge < -0.3 is 14.0 Å². The predicted molar refractivity (Wildman–Crippen MR) is 98.5 cm³/mol. The number of hydrogen-bond donors (Lipinski definition) is 0. The fraction of sp³-hybridized carbons (Fsp3) is 0.526. The van der Waals surface area contributed by atoms with Crippen LogP contribution in [-0.4, -0.2) is 33.3 Å². The molecular formula is C19H28O4Si. The average Bonchev–Trinajstić information content (AvgIpc) is 2.54. The summed E-state index contributed by atoms with van der Waals surface area (Å²) < 4.78 is 11.9. The molecule has 1 atom stereocenters. The first-order valence-electron chi connectivity index (χ1n) is 8.49. The standard InChI is InChI=1S/C19H28O4Si/c1-24(2,3)23-19(13-9-4-5-10-14-20)17(15-21)16-22-18-11-7-6-8-12-18/h6-8,11-12,14,19H,4-5,9-10,13,16H2,1-3H3. The first kappa shape index (κ1) is 20.4. The zero-order valence-corrected chi connectivity index (χ0v) is 15.9. The molecule has 0 bridgehead atoms. The Hall–Kier alpha value is -1.68. The van der Waals surface area contributed by atoms with Crippen molar-refractivity contribution >= 4 is 20.5 Å². The van der Waals surface area contributed by atoms with Gasteiger partial charge in [-0.1, -0.05) is 31.0 Å². The van der Waals surface area contributed by atoms with Gasteiger partial charge in [-0.2, -0.15) is 0 Å². The van der Waals surface area contributed by atoms with E-state index in [4.69, 9.17) is 9.16 Å². The Morgan fingerprint density at radius 3 is 2.46 bits per heavy atom. The molecule has 0 amide bonds. The van der Waals surface area contributed by atoms with E-state index in [0.29, 0.717) is 12.0 Å². The molecule has 0 N–H and O–H groups in total. The number of benzene rings is 1. The van der Waals surface area contributed by atoms with E-state index in [1.807, 2.05) is 36.3 Å². The van der Waals surface area contributed by atoms with E-state index in [1.54, 1.807) is 0 Å². The minimum absolute atomic E-state index is 0.191. The maximum atomic E-state index is 11.4. The maximum Gasteiger partial charge on any atom is 0.184 e. The Bertz CT molecular complexity index is 530. The smallest absolute Gasteiger partial charge is 0.184 e. The van der Waals surface area contributed by atoms with Crippen molar-refractivity contribution in [3.8, 4) is 5.75 Å². The minimum Gasteiger partial charge on any atom is -0.488 e. The molecule has 132 valence electrons. The monoisotopic (exact) mass is 348 g/mol. The lowest BCUT2D eigenvalue weighted by molar-refractivity contribution is -0.107. The van der Waals surface area contributed by atoms with Gasteiger partial charge in [-0.15, -0.1) is 0 Å². The highest BCUT2D eigenvalue weighted by Gasteiger charge is 2.25. The van der Waals surface area contributed by atoms with E-state index in [1.165, 1.54) is 0 Å². The first-order chi connectivity index (χ1) is 11.5. The summed E-state index contributed by atoms with van der Waals surface area (Å²) >= 11 is 0. The summed E-state index contributed by atoms with van der Waals surface area (Å²) in [6.07, 6.45) is 4.78. The van der Waals surface area contributed by atoms with Gasteiger partial charge in [0.05, 0.1) is 11.7 Å². The van der Waals surface area contributed by atoms with Crippen molar-refractivity contribution in [2.24, 2.45) is 0 Å². The Kier molecular flexibility index (Phi) is 9.31. The predicted octanol–water partition coefficient (Wildman–Crippen LogP) is 4.19. The summed E-state index contributed by atoms with van der Waals surface area (Å²) in [6.45, 7) is 6.50. The molecule has 0 radical (unpaired) electrons. The van der Waals surface area contributed by atoms with Crippen LogP contribution in [0.5, 0.6) is 5.75 Å². The number of carbonyl (C=O) groups is 1. The molecule has 0 saturated heterocycles. The molecule has 0 saturated carbocycles. The fourth-order valence-electron chi connectivity index (χ4n) is 2.33. The number of ether oxygens (including phenoxy) is 1. The number of unbranched alkanes of at least 4 members (excludes halogenated alkanes) is 3. The summed E-state index contributed by atoms with van der Waals surface area (Å²) in [6, 6.07) is 9.41. The van der Waals surface area contributed by atoms with Crippen LogP contribution in [0.2, 0.25) is 19.6 Å². The quantitative estimate of drug-likeness (QED) is 0.246. The molecule has 1 unspecified atom stereocenters. The number of hydrogen-bond acceptors (Lipinski definition) is 4. The van der Waals surface area contributed by atoms with Crippen molar-refractivity contribution in [2.45, 2.75) is 57.8 Å². The SMILES string of the molecule is C[Si](C)(C)OC(CCCCCC=O)C(=C=O)COc1ccccc1. The van der Waals surface area contributed by atoms with Crippen molar-refractivity contribution in [3.63, 3.8) is 0 Å². The number of rotatable bonds is 12. The molecule has 1 aromatic carbocycles. The van der Waals surface area contributed by atoms with Crippen LogP contribution in [0.25, 0.3) is 0 Å². The van der Waals surface area contributed by atoms with Gasteiger partial charge in [-0.25, -0.2) is 4.79 Å². The van der Waals surface area contributed by atoms with Gasteiger partial charge in [-0.3, -0.25) is 0 Å². The molecule has 1 rings (SSSR count). The Morgan fingerprint density at radius 2 is 1.88 bits per heavy atom. The van der Waals surface area contributed by atoms with Gasteiger partial charge in [0.25, 0.3) is 0 Å². The molecule has 1 aromatic rings. The van der Waals surface area contributed by atoms with Crippen LogP contribution < -0.4 is 4.74 Å². The highest BCUT2D eigenvalue weighted by atomic mass is 28.4. The van der Waals surface area contributed by atoms with Crippen molar-refractivity contribution in [1.29, 1.82) is 0 Å². The lowest BCUT2D eigenvalue weighted by Gasteiger charge is -2.27. The van der Waals surface area contributed by atoms with Crippen molar-refractivity contribution in [1.82, 2.24) is 0 Å². The molecule has 5 heteroatoms. The highest BCUT2D eigenvalue weighted by molar-refractivity contribution is 6.69. The zero-order valence-electron chi connectivity index (χ0n) is 14.9. The number of para-hydroxylation sites is 1. The van der Waals surface area contributed by atoms with Gasteiger partial charge in [0, 0.05) is 6.42 Å². The summed E-state index contributed by atoms with van der Waals surface area (Å²) in [5.41, 5.74) is 0.525. The summed E-state index contributed by atoms with van der Waals surface area (Å²) in [7, 11) is -1.79. The largest absolute Gasteiger partial charge is 0.488 e. The van der Waals surface area contributed by atoms with Gasteiger partial charge in [0.15, 0.2) is 8.32 Å². The summed E-state index contributed by atoms with van der Waals surface area (Å²) in [5.74, 6) is 2.75. The normalized spacial score (nSPS) is 12.3. The van der Waals surface area contributed by atoms with E-state index in [2.05, 4.69) is 19.6 Å². The lowest BCUT2D eigenvalue weighted by Crippen LogP contribution is -2.34. The Labute approximate surface area is 146 Å². The lowest BCUT2D eigenvalue weighted by atomic mass is 10.0. The van der Waals surface area contributed by atoms with Crippen LogP contribution in [0.15, 0.2) is 35.9 Å². The fourth-order valence-corrected chi connectivity index (χ4v) is 3.44. The van der Waals surface area contributed by atoms with E-state index < -0.39 is 8.32 Å². The third-order valence-electron chi connectivity index (χ3n) is 3.44. The molecule has 0 aliphatic heterocycles. The number of aldehydes is 1. The molecule has 0 heterocycles. The maximum absolute atomic E-state index is 11.4. The van der Waals surface area contributed by atoms with Gasteiger partial charge in [-0.05, 0) is 44.6 Å². The van der Waals surface area contributed by atoms with E-state index in [9.17, 15) is 9.59 Å². The van der Waals surface area contributed by atoms with Gasteiger partial charge in [0.1, 0.15) is 24.6 Å². The van der Waals surface area contributed by atoms with Gasteiger partial charge in [0.2, 0.25) is 0 Å². The third kappa shape index (κ3) is 8.82. The second kappa shape index (κ2) is 11.0. The Balaban J connectivity index is 2.63. The zero-order chi connectivity index (χ0) is 17.8. The summed E-state index contributed by atoms with van der Waals surface area (Å²) in [4.78, 5) is 21.8. The van der Waals surface area contributed by atoms with E-state index in [-0.39, 0.29) is 12.7 Å². The highest BCUT2D eigenvalue weighted by Crippen LogP contribution is 2.20. The molecule has 0 spiro atoms. The van der Waals surface area contributed by atoms with Crippen LogP contribution in [0.3, 0.4) is 0 Å². The molecule has 0 aliphatic rings. The second-order valence-electron chi connectivity index (χ2n) is 6.75. The van der Waals surface area contributed by atoms with Crippen LogP contribution >= 0.6 is 0 Å². The van der Waals surface area contributed by atoms with Crippen LogP contribution in [0, 0.1) is 0 Å². The van der Waals surface area contributed by atoms with Gasteiger partial charge >= 0.3 is 0 Å². The third-order valence-corrected chi connectivity index (χ3v) is 4.43. The molecule has 0 fully saturated rings. The molecule has 0 aromatic heterocycles. The molecular weight excluding hydrogens is 320 g/mol. The van der Waals surface area contributed by atoms with Crippen molar-refractivity contribution in [2.75, 3.05) is 6.61 Å². The van der Waals surface area contributed by atoms with E-state index >= 15 is 0 Å². The first-order valence-corrected chi connectivity index (χ1v) is 11.9. The average molecular weight is 349 g/mol. The molecule has 24 heavy (non-hydrogen) atoms. The summed E-state index contributed by atoms with van der Waals surface area (Å²) in [5, 5.41) is 0.